The van der Waals surface area contributed by atoms with Gasteiger partial charge in [-0.2, -0.15) is 0 Å². The average molecular weight is 267 g/mol. The summed E-state index contributed by atoms with van der Waals surface area (Å²) in [5.74, 6) is 0.197. The molecule has 2 heterocycles. The van der Waals surface area contributed by atoms with Crippen molar-refractivity contribution in [2.75, 3.05) is 20.1 Å². The highest BCUT2D eigenvalue weighted by atomic mass is 16.2. The minimum absolute atomic E-state index is 0.0948. The summed E-state index contributed by atoms with van der Waals surface area (Å²) in [6.45, 7) is 4.53. The van der Waals surface area contributed by atoms with Gasteiger partial charge in [-0.05, 0) is 52.1 Å². The van der Waals surface area contributed by atoms with Crippen LogP contribution >= 0.6 is 0 Å². The second kappa shape index (κ2) is 7.25. The highest BCUT2D eigenvalue weighted by Gasteiger charge is 2.32. The van der Waals surface area contributed by atoms with Gasteiger partial charge in [0.05, 0.1) is 6.04 Å². The number of hydrogen-bond donors (Lipinski definition) is 2. The van der Waals surface area contributed by atoms with E-state index in [1.54, 1.807) is 7.05 Å². The number of likely N-dealkylation sites (tertiary alicyclic amines) is 1. The van der Waals surface area contributed by atoms with Crippen LogP contribution in [0.5, 0.6) is 0 Å². The van der Waals surface area contributed by atoms with Gasteiger partial charge >= 0.3 is 0 Å². The number of amides is 1. The molecule has 2 aliphatic rings. The smallest absolute Gasteiger partial charge is 0.237 e. The number of hydrogen-bond acceptors (Lipinski definition) is 3. The molecule has 3 atom stereocenters. The standard InChI is InChI=1S/C15H29N3O/c1-12(11-13-7-3-5-9-17-13)18-10-6-4-8-14(18)15(19)16-2/h12-14,17H,3-11H2,1-2H3,(H,16,19). The number of nitrogens with one attached hydrogen (secondary N) is 2. The van der Waals surface area contributed by atoms with Crippen molar-refractivity contribution in [2.45, 2.75) is 70.0 Å². The fourth-order valence-electron chi connectivity index (χ4n) is 3.60. The first-order valence-electron chi connectivity index (χ1n) is 7.93. The molecule has 3 unspecified atom stereocenters. The molecule has 2 aliphatic heterocycles. The molecule has 1 amide bonds. The summed E-state index contributed by atoms with van der Waals surface area (Å²) in [7, 11) is 1.75. The van der Waals surface area contributed by atoms with Gasteiger partial charge in [0.15, 0.2) is 0 Å². The summed E-state index contributed by atoms with van der Waals surface area (Å²) in [6.07, 6.45) is 8.57. The Hall–Kier alpha value is -0.610. The maximum Gasteiger partial charge on any atom is 0.237 e. The molecule has 110 valence electrons. The average Bonchev–Trinajstić information content (AvgIpc) is 2.47. The van der Waals surface area contributed by atoms with Crippen molar-refractivity contribution in [1.82, 2.24) is 15.5 Å². The Balaban J connectivity index is 1.90. The molecule has 2 fully saturated rings. The van der Waals surface area contributed by atoms with Crippen LogP contribution in [0.3, 0.4) is 0 Å². The quantitative estimate of drug-likeness (QED) is 0.811. The van der Waals surface area contributed by atoms with Crippen molar-refractivity contribution in [2.24, 2.45) is 0 Å². The van der Waals surface area contributed by atoms with Crippen LogP contribution in [0.15, 0.2) is 0 Å². The largest absolute Gasteiger partial charge is 0.358 e. The molecule has 4 heteroatoms. The summed E-state index contributed by atoms with van der Waals surface area (Å²) in [5, 5.41) is 6.45. The number of likely N-dealkylation sites (N-methyl/N-ethyl adjacent to an activating group) is 1. The number of carbonyl (C=O) groups excluding carboxylic acids is 1. The Kier molecular flexibility index (Phi) is 5.64. The molecule has 0 aromatic rings. The van der Waals surface area contributed by atoms with E-state index in [1.807, 2.05) is 0 Å². The SMILES string of the molecule is CNC(=O)C1CCCCN1C(C)CC1CCCCN1. The first kappa shape index (κ1) is 14.8. The first-order valence-corrected chi connectivity index (χ1v) is 7.93. The summed E-state index contributed by atoms with van der Waals surface area (Å²) >= 11 is 0. The third kappa shape index (κ3) is 3.93. The van der Waals surface area contributed by atoms with E-state index >= 15 is 0 Å². The zero-order valence-electron chi connectivity index (χ0n) is 12.5. The minimum atomic E-state index is 0.0948. The van der Waals surface area contributed by atoms with Gasteiger partial charge in [-0.15, -0.1) is 0 Å². The van der Waals surface area contributed by atoms with Crippen LogP contribution in [0.25, 0.3) is 0 Å². The lowest BCUT2D eigenvalue weighted by Crippen LogP contribution is -2.53. The van der Waals surface area contributed by atoms with E-state index in [1.165, 1.54) is 38.5 Å². The van der Waals surface area contributed by atoms with E-state index in [-0.39, 0.29) is 11.9 Å². The fourth-order valence-corrected chi connectivity index (χ4v) is 3.60. The summed E-state index contributed by atoms with van der Waals surface area (Å²) in [4.78, 5) is 14.4. The Morgan fingerprint density at radius 1 is 1.32 bits per heavy atom. The molecule has 19 heavy (non-hydrogen) atoms. The van der Waals surface area contributed by atoms with E-state index in [0.717, 1.165) is 19.5 Å². The molecule has 2 rings (SSSR count). The van der Waals surface area contributed by atoms with Crippen LogP contribution in [0.2, 0.25) is 0 Å². The Morgan fingerprint density at radius 3 is 2.79 bits per heavy atom. The Labute approximate surface area is 117 Å². The number of piperidine rings is 2. The topological polar surface area (TPSA) is 44.4 Å². The van der Waals surface area contributed by atoms with Crippen LogP contribution in [-0.2, 0) is 4.79 Å². The first-order chi connectivity index (χ1) is 9.22. The van der Waals surface area contributed by atoms with E-state index in [4.69, 9.17) is 0 Å². The molecule has 0 bridgehead atoms. The monoisotopic (exact) mass is 267 g/mol. The number of nitrogens with zero attached hydrogens (tertiary/aromatic N) is 1. The van der Waals surface area contributed by atoms with Crippen molar-refractivity contribution in [3.63, 3.8) is 0 Å². The fraction of sp³-hybridized carbons (Fsp3) is 0.933. The summed E-state index contributed by atoms with van der Waals surface area (Å²) in [6, 6.07) is 1.24. The second-order valence-electron chi connectivity index (χ2n) is 6.10. The molecule has 2 saturated heterocycles. The van der Waals surface area contributed by atoms with Gasteiger partial charge in [-0.3, -0.25) is 9.69 Å². The Bertz CT molecular complexity index is 289. The molecular weight excluding hydrogens is 238 g/mol. The molecule has 0 aromatic heterocycles. The lowest BCUT2D eigenvalue weighted by Gasteiger charge is -2.40. The second-order valence-corrected chi connectivity index (χ2v) is 6.10. The lowest BCUT2D eigenvalue weighted by molar-refractivity contribution is -0.128. The molecule has 0 saturated carbocycles. The van der Waals surface area contributed by atoms with Crippen molar-refractivity contribution in [3.05, 3.63) is 0 Å². The number of carbonyl (C=O) groups is 1. The number of rotatable bonds is 4. The van der Waals surface area contributed by atoms with Gasteiger partial charge in [-0.25, -0.2) is 0 Å². The lowest BCUT2D eigenvalue weighted by atomic mass is 9.94. The highest BCUT2D eigenvalue weighted by molar-refractivity contribution is 5.81. The summed E-state index contributed by atoms with van der Waals surface area (Å²) in [5.41, 5.74) is 0. The molecule has 0 radical (unpaired) electrons. The maximum absolute atomic E-state index is 12.0. The van der Waals surface area contributed by atoms with E-state index in [9.17, 15) is 4.79 Å². The predicted octanol–water partition coefficient (Wildman–Crippen LogP) is 1.51. The van der Waals surface area contributed by atoms with Gasteiger partial charge in [0.2, 0.25) is 5.91 Å². The van der Waals surface area contributed by atoms with Gasteiger partial charge in [0.1, 0.15) is 0 Å². The van der Waals surface area contributed by atoms with Gasteiger partial charge < -0.3 is 10.6 Å². The van der Waals surface area contributed by atoms with Crippen LogP contribution in [0.1, 0.15) is 51.9 Å². The molecule has 2 N–H and O–H groups in total. The van der Waals surface area contributed by atoms with E-state index < -0.39 is 0 Å². The molecule has 0 spiro atoms. The van der Waals surface area contributed by atoms with Crippen LogP contribution in [0, 0.1) is 0 Å². The molecule has 0 aromatic carbocycles. The van der Waals surface area contributed by atoms with E-state index in [0.29, 0.717) is 12.1 Å². The molecule has 4 nitrogen and oxygen atoms in total. The third-order valence-corrected chi connectivity index (χ3v) is 4.70. The van der Waals surface area contributed by atoms with E-state index in [2.05, 4.69) is 22.5 Å². The zero-order chi connectivity index (χ0) is 13.7. The van der Waals surface area contributed by atoms with Crippen molar-refractivity contribution in [1.29, 1.82) is 0 Å². The predicted molar refractivity (Wildman–Crippen MR) is 78.1 cm³/mol. The van der Waals surface area contributed by atoms with Crippen molar-refractivity contribution >= 4 is 5.91 Å². The van der Waals surface area contributed by atoms with Gasteiger partial charge in [0.25, 0.3) is 0 Å². The molecule has 0 aliphatic carbocycles. The van der Waals surface area contributed by atoms with Crippen LogP contribution in [-0.4, -0.2) is 49.1 Å². The van der Waals surface area contributed by atoms with Gasteiger partial charge in [0, 0.05) is 19.1 Å². The molecular formula is C15H29N3O. The third-order valence-electron chi connectivity index (χ3n) is 4.70. The minimum Gasteiger partial charge on any atom is -0.358 e. The normalized spacial score (nSPS) is 30.8. The van der Waals surface area contributed by atoms with Gasteiger partial charge in [-0.1, -0.05) is 12.8 Å². The van der Waals surface area contributed by atoms with Crippen molar-refractivity contribution in [3.8, 4) is 0 Å². The van der Waals surface area contributed by atoms with Crippen molar-refractivity contribution < 1.29 is 4.79 Å². The Morgan fingerprint density at radius 2 is 2.11 bits per heavy atom. The zero-order valence-corrected chi connectivity index (χ0v) is 12.5. The van der Waals surface area contributed by atoms with Crippen LogP contribution < -0.4 is 10.6 Å². The summed E-state index contributed by atoms with van der Waals surface area (Å²) < 4.78 is 0. The van der Waals surface area contributed by atoms with Crippen LogP contribution in [0.4, 0.5) is 0 Å². The highest BCUT2D eigenvalue weighted by Crippen LogP contribution is 2.23. The maximum atomic E-state index is 12.0.